The van der Waals surface area contributed by atoms with E-state index in [4.69, 9.17) is 0 Å². The topological polar surface area (TPSA) is 87.3 Å². The molecule has 0 bridgehead atoms. The molecule has 1 aromatic carbocycles. The van der Waals surface area contributed by atoms with Crippen molar-refractivity contribution in [1.29, 1.82) is 0 Å². The van der Waals surface area contributed by atoms with E-state index in [1.54, 1.807) is 12.1 Å². The number of piperidine rings is 1. The van der Waals surface area contributed by atoms with Gasteiger partial charge >= 0.3 is 0 Å². The Labute approximate surface area is 131 Å². The van der Waals surface area contributed by atoms with Crippen LogP contribution in [0.15, 0.2) is 29.2 Å². The number of carbonyl (C=O) groups excluding carboxylic acids is 1. The summed E-state index contributed by atoms with van der Waals surface area (Å²) in [5, 5.41) is 5.93. The number of sulfonamides is 1. The van der Waals surface area contributed by atoms with Gasteiger partial charge in [0.25, 0.3) is 0 Å². The normalized spacial score (nSPS) is 18.9. The number of benzene rings is 1. The Kier molecular flexibility index (Phi) is 5.93. The molecule has 1 unspecified atom stereocenters. The molecule has 0 aliphatic carbocycles. The van der Waals surface area contributed by atoms with Crippen molar-refractivity contribution in [3.63, 3.8) is 0 Å². The molecule has 1 aromatic rings. The Bertz CT molecular complexity index is 593. The maximum Gasteiger partial charge on any atom is 0.240 e. The van der Waals surface area contributed by atoms with Crippen LogP contribution in [-0.2, 0) is 14.8 Å². The lowest BCUT2D eigenvalue weighted by Gasteiger charge is -2.22. The molecule has 6 nitrogen and oxygen atoms in total. The maximum atomic E-state index is 12.2. The molecular weight excluding hydrogens is 302 g/mol. The van der Waals surface area contributed by atoms with E-state index in [9.17, 15) is 13.2 Å². The van der Waals surface area contributed by atoms with Crippen LogP contribution in [-0.4, -0.2) is 34.0 Å². The fraction of sp³-hybridized carbons (Fsp3) is 0.533. The molecule has 1 aliphatic rings. The van der Waals surface area contributed by atoms with Crippen LogP contribution in [0.1, 0.15) is 26.2 Å². The summed E-state index contributed by atoms with van der Waals surface area (Å²) < 4.78 is 27.0. The highest BCUT2D eigenvalue weighted by molar-refractivity contribution is 7.89. The van der Waals surface area contributed by atoms with Crippen molar-refractivity contribution >= 4 is 21.6 Å². The summed E-state index contributed by atoms with van der Waals surface area (Å²) in [6.07, 6.45) is 3.15. The van der Waals surface area contributed by atoms with Crippen LogP contribution < -0.4 is 15.4 Å². The van der Waals surface area contributed by atoms with Gasteiger partial charge in [0.1, 0.15) is 0 Å². The van der Waals surface area contributed by atoms with Gasteiger partial charge in [-0.15, -0.1) is 0 Å². The highest BCUT2D eigenvalue weighted by atomic mass is 32.2. The van der Waals surface area contributed by atoms with E-state index in [-0.39, 0.29) is 10.8 Å². The first-order chi connectivity index (χ1) is 10.5. The van der Waals surface area contributed by atoms with Gasteiger partial charge < -0.3 is 10.6 Å². The second-order valence-corrected chi connectivity index (χ2v) is 7.37. The first-order valence-electron chi connectivity index (χ1n) is 7.55. The summed E-state index contributed by atoms with van der Waals surface area (Å²) in [6, 6.07) is 6.16. The molecule has 122 valence electrons. The van der Waals surface area contributed by atoms with E-state index < -0.39 is 10.0 Å². The van der Waals surface area contributed by atoms with Crippen LogP contribution in [0.5, 0.6) is 0 Å². The largest absolute Gasteiger partial charge is 0.326 e. The SMILES string of the molecule is CC(=O)Nc1ccc(S(=O)(=O)NCCC2CCCNC2)cc1. The van der Waals surface area contributed by atoms with Gasteiger partial charge in [0, 0.05) is 19.2 Å². The zero-order valence-corrected chi connectivity index (χ0v) is 13.6. The van der Waals surface area contributed by atoms with Crippen molar-refractivity contribution in [1.82, 2.24) is 10.0 Å². The van der Waals surface area contributed by atoms with E-state index in [1.807, 2.05) is 0 Å². The summed E-state index contributed by atoms with van der Waals surface area (Å²) in [4.78, 5) is 11.2. The second kappa shape index (κ2) is 7.71. The van der Waals surface area contributed by atoms with Gasteiger partial charge in [-0.05, 0) is 62.5 Å². The zero-order chi connectivity index (χ0) is 16.0. The molecule has 1 atom stereocenters. The third-order valence-corrected chi connectivity index (χ3v) is 5.21. The molecule has 1 saturated heterocycles. The summed E-state index contributed by atoms with van der Waals surface area (Å²) in [7, 11) is -3.49. The summed E-state index contributed by atoms with van der Waals surface area (Å²) in [5.74, 6) is 0.355. The summed E-state index contributed by atoms with van der Waals surface area (Å²) >= 11 is 0. The number of amides is 1. The minimum atomic E-state index is -3.49. The van der Waals surface area contributed by atoms with Crippen LogP contribution in [0.2, 0.25) is 0 Å². The van der Waals surface area contributed by atoms with Gasteiger partial charge in [-0.1, -0.05) is 0 Å². The maximum absolute atomic E-state index is 12.2. The monoisotopic (exact) mass is 325 g/mol. The van der Waals surface area contributed by atoms with Crippen molar-refractivity contribution in [3.05, 3.63) is 24.3 Å². The quantitative estimate of drug-likeness (QED) is 0.736. The number of hydrogen-bond acceptors (Lipinski definition) is 4. The lowest BCUT2D eigenvalue weighted by atomic mass is 9.96. The lowest BCUT2D eigenvalue weighted by Crippen LogP contribution is -2.33. The third kappa shape index (κ3) is 5.08. The zero-order valence-electron chi connectivity index (χ0n) is 12.8. The molecule has 1 fully saturated rings. The highest BCUT2D eigenvalue weighted by Crippen LogP contribution is 2.16. The molecule has 0 saturated carbocycles. The summed E-state index contributed by atoms with van der Waals surface area (Å²) in [6.45, 7) is 3.88. The molecule has 1 amide bonds. The Morgan fingerprint density at radius 1 is 1.32 bits per heavy atom. The minimum absolute atomic E-state index is 0.185. The van der Waals surface area contributed by atoms with Crippen LogP contribution in [0.25, 0.3) is 0 Å². The molecule has 3 N–H and O–H groups in total. The number of carbonyl (C=O) groups is 1. The third-order valence-electron chi connectivity index (χ3n) is 3.73. The molecule has 1 heterocycles. The van der Waals surface area contributed by atoms with E-state index in [2.05, 4.69) is 15.4 Å². The van der Waals surface area contributed by atoms with Gasteiger partial charge in [0.2, 0.25) is 15.9 Å². The van der Waals surface area contributed by atoms with E-state index in [0.29, 0.717) is 18.2 Å². The number of nitrogens with one attached hydrogen (secondary N) is 3. The van der Waals surface area contributed by atoms with Crippen LogP contribution in [0.4, 0.5) is 5.69 Å². The smallest absolute Gasteiger partial charge is 0.240 e. The second-order valence-electron chi connectivity index (χ2n) is 5.60. The Morgan fingerprint density at radius 2 is 2.05 bits per heavy atom. The standard InChI is InChI=1S/C15H23N3O3S/c1-12(19)18-14-4-6-15(7-5-14)22(20,21)17-10-8-13-3-2-9-16-11-13/h4-7,13,16-17H,2-3,8-11H2,1H3,(H,18,19). The van der Waals surface area contributed by atoms with Crippen LogP contribution in [0.3, 0.4) is 0 Å². The molecule has 0 aromatic heterocycles. The molecule has 2 rings (SSSR count). The van der Waals surface area contributed by atoms with Crippen molar-refractivity contribution < 1.29 is 13.2 Å². The first kappa shape index (κ1) is 16.9. The molecule has 0 radical (unpaired) electrons. The van der Waals surface area contributed by atoms with Crippen molar-refractivity contribution in [2.75, 3.05) is 25.0 Å². The highest BCUT2D eigenvalue weighted by Gasteiger charge is 2.16. The van der Waals surface area contributed by atoms with Crippen LogP contribution >= 0.6 is 0 Å². The predicted molar refractivity (Wildman–Crippen MR) is 86.1 cm³/mol. The number of rotatable bonds is 6. The van der Waals surface area contributed by atoms with Crippen molar-refractivity contribution in [2.24, 2.45) is 5.92 Å². The van der Waals surface area contributed by atoms with Gasteiger partial charge in [-0.3, -0.25) is 4.79 Å². The fourth-order valence-corrected chi connectivity index (χ4v) is 3.62. The summed E-state index contributed by atoms with van der Waals surface area (Å²) in [5.41, 5.74) is 0.583. The Hall–Kier alpha value is -1.44. The molecule has 0 spiro atoms. The molecule has 1 aliphatic heterocycles. The van der Waals surface area contributed by atoms with Gasteiger partial charge in [-0.2, -0.15) is 0 Å². The minimum Gasteiger partial charge on any atom is -0.326 e. The Balaban J connectivity index is 1.87. The van der Waals surface area contributed by atoms with E-state index in [1.165, 1.54) is 19.1 Å². The van der Waals surface area contributed by atoms with Gasteiger partial charge in [-0.25, -0.2) is 13.1 Å². The number of hydrogen-bond donors (Lipinski definition) is 3. The average Bonchev–Trinajstić information content (AvgIpc) is 2.48. The van der Waals surface area contributed by atoms with Gasteiger partial charge in [0.15, 0.2) is 0 Å². The van der Waals surface area contributed by atoms with E-state index >= 15 is 0 Å². The molecule has 7 heteroatoms. The Morgan fingerprint density at radius 3 is 2.64 bits per heavy atom. The van der Waals surface area contributed by atoms with E-state index in [0.717, 1.165) is 32.4 Å². The average molecular weight is 325 g/mol. The molecular formula is C15H23N3O3S. The molecule has 22 heavy (non-hydrogen) atoms. The fourth-order valence-electron chi connectivity index (χ4n) is 2.57. The van der Waals surface area contributed by atoms with Crippen molar-refractivity contribution in [3.8, 4) is 0 Å². The van der Waals surface area contributed by atoms with Gasteiger partial charge in [0.05, 0.1) is 4.90 Å². The first-order valence-corrected chi connectivity index (χ1v) is 9.04. The predicted octanol–water partition coefficient (Wildman–Crippen LogP) is 1.31. The van der Waals surface area contributed by atoms with Crippen LogP contribution in [0, 0.1) is 5.92 Å². The number of anilines is 1. The lowest BCUT2D eigenvalue weighted by molar-refractivity contribution is -0.114. The van der Waals surface area contributed by atoms with Crippen molar-refractivity contribution in [2.45, 2.75) is 31.1 Å².